The van der Waals surface area contributed by atoms with E-state index in [1.807, 2.05) is 4.90 Å². The first-order valence-electron chi connectivity index (χ1n) is 5.05. The van der Waals surface area contributed by atoms with Gasteiger partial charge >= 0.3 is 0 Å². The molecule has 1 unspecified atom stereocenters. The summed E-state index contributed by atoms with van der Waals surface area (Å²) in [4.78, 5) is 17.9. The molecule has 82 valence electrons. The van der Waals surface area contributed by atoms with E-state index in [0.717, 1.165) is 19.5 Å². The molecule has 0 spiro atoms. The minimum Gasteiger partial charge on any atom is -0.352 e. The van der Waals surface area contributed by atoms with Crippen molar-refractivity contribution in [3.8, 4) is 0 Å². The molecule has 0 amide bonds. The van der Waals surface area contributed by atoms with Crippen LogP contribution >= 0.6 is 11.6 Å². The third-order valence-corrected chi connectivity index (χ3v) is 3.24. The van der Waals surface area contributed by atoms with Crippen LogP contribution in [-0.4, -0.2) is 28.5 Å². The third-order valence-electron chi connectivity index (χ3n) is 2.80. The van der Waals surface area contributed by atoms with Crippen molar-refractivity contribution in [2.24, 2.45) is 13.0 Å². The lowest BCUT2D eigenvalue weighted by Crippen LogP contribution is -2.30. The highest BCUT2D eigenvalue weighted by Crippen LogP contribution is 2.20. The summed E-state index contributed by atoms with van der Waals surface area (Å²) in [6.07, 6.45) is 4.37. The molecule has 1 aliphatic rings. The predicted octanol–water partition coefficient (Wildman–Crippen LogP) is 0.845. The van der Waals surface area contributed by atoms with E-state index in [1.165, 1.54) is 0 Å². The molecule has 0 radical (unpaired) electrons. The Morgan fingerprint density at radius 3 is 3.13 bits per heavy atom. The molecule has 0 aromatic carbocycles. The fourth-order valence-corrected chi connectivity index (χ4v) is 2.10. The normalized spacial score (nSPS) is 20.9. The fourth-order valence-electron chi connectivity index (χ4n) is 1.85. The predicted molar refractivity (Wildman–Crippen MR) is 60.5 cm³/mol. The second kappa shape index (κ2) is 4.23. The molecule has 0 aliphatic carbocycles. The summed E-state index contributed by atoms with van der Waals surface area (Å²) in [5.41, 5.74) is -0.0345. The van der Waals surface area contributed by atoms with Gasteiger partial charge in [-0.25, -0.2) is 4.98 Å². The van der Waals surface area contributed by atoms with E-state index in [9.17, 15) is 4.79 Å². The monoisotopic (exact) mass is 227 g/mol. The standard InChI is InChI=1S/C10H14ClN3O/c1-13-5-3-12-9(10(13)15)14-4-2-8(6-11)7-14/h3,5,8H,2,4,6-7H2,1H3. The molecule has 2 heterocycles. The Bertz CT molecular complexity index is 404. The number of hydrogen-bond donors (Lipinski definition) is 0. The van der Waals surface area contributed by atoms with Crippen molar-refractivity contribution in [2.75, 3.05) is 23.9 Å². The highest BCUT2D eigenvalue weighted by molar-refractivity contribution is 6.18. The number of halogens is 1. The van der Waals surface area contributed by atoms with Crippen LogP contribution < -0.4 is 10.5 Å². The van der Waals surface area contributed by atoms with Crippen molar-refractivity contribution >= 4 is 17.4 Å². The van der Waals surface area contributed by atoms with Crippen LogP contribution in [0.4, 0.5) is 5.82 Å². The quantitative estimate of drug-likeness (QED) is 0.703. The topological polar surface area (TPSA) is 38.1 Å². The first-order valence-corrected chi connectivity index (χ1v) is 5.58. The van der Waals surface area contributed by atoms with Crippen molar-refractivity contribution in [1.29, 1.82) is 0 Å². The van der Waals surface area contributed by atoms with E-state index < -0.39 is 0 Å². The first-order chi connectivity index (χ1) is 7.22. The molecule has 0 N–H and O–H groups in total. The van der Waals surface area contributed by atoms with Gasteiger partial charge in [-0.1, -0.05) is 0 Å². The molecule has 1 aromatic rings. The molecule has 0 bridgehead atoms. The highest BCUT2D eigenvalue weighted by atomic mass is 35.5. The molecular formula is C10H14ClN3O. The lowest BCUT2D eigenvalue weighted by atomic mass is 10.2. The zero-order valence-corrected chi connectivity index (χ0v) is 9.44. The third kappa shape index (κ3) is 2.00. The van der Waals surface area contributed by atoms with Gasteiger partial charge in [0.1, 0.15) is 0 Å². The average Bonchev–Trinajstić information content (AvgIpc) is 2.70. The van der Waals surface area contributed by atoms with Crippen molar-refractivity contribution < 1.29 is 0 Å². The van der Waals surface area contributed by atoms with Gasteiger partial charge in [0, 0.05) is 38.4 Å². The molecule has 2 rings (SSSR count). The van der Waals surface area contributed by atoms with Crippen molar-refractivity contribution in [1.82, 2.24) is 9.55 Å². The number of hydrogen-bond acceptors (Lipinski definition) is 3. The van der Waals surface area contributed by atoms with E-state index in [4.69, 9.17) is 11.6 Å². The largest absolute Gasteiger partial charge is 0.352 e. The van der Waals surface area contributed by atoms with Crippen molar-refractivity contribution in [2.45, 2.75) is 6.42 Å². The van der Waals surface area contributed by atoms with Gasteiger partial charge < -0.3 is 9.47 Å². The average molecular weight is 228 g/mol. The second-order valence-corrected chi connectivity index (χ2v) is 4.23. The van der Waals surface area contributed by atoms with Crippen molar-refractivity contribution in [3.63, 3.8) is 0 Å². The SMILES string of the molecule is Cn1ccnc(N2CCC(CCl)C2)c1=O. The van der Waals surface area contributed by atoms with Gasteiger partial charge in [-0.3, -0.25) is 4.79 Å². The Labute approximate surface area is 93.5 Å². The maximum Gasteiger partial charge on any atom is 0.293 e. The summed E-state index contributed by atoms with van der Waals surface area (Å²) < 4.78 is 1.55. The molecule has 5 heteroatoms. The van der Waals surface area contributed by atoms with Gasteiger partial charge in [0.2, 0.25) is 0 Å². The maximum absolute atomic E-state index is 11.8. The summed E-state index contributed by atoms with van der Waals surface area (Å²) in [6.45, 7) is 1.72. The van der Waals surface area contributed by atoms with Crippen molar-refractivity contribution in [3.05, 3.63) is 22.7 Å². The van der Waals surface area contributed by atoms with Gasteiger partial charge in [-0.15, -0.1) is 11.6 Å². The molecule has 1 aromatic heterocycles. The number of aryl methyl sites for hydroxylation is 1. The van der Waals surface area contributed by atoms with Gasteiger partial charge in [-0.05, 0) is 12.3 Å². The zero-order chi connectivity index (χ0) is 10.8. The van der Waals surface area contributed by atoms with E-state index in [2.05, 4.69) is 4.98 Å². The Morgan fingerprint density at radius 2 is 2.47 bits per heavy atom. The lowest BCUT2D eigenvalue weighted by Gasteiger charge is -2.16. The van der Waals surface area contributed by atoms with Crippen LogP contribution in [0.3, 0.4) is 0 Å². The van der Waals surface area contributed by atoms with Gasteiger partial charge in [-0.2, -0.15) is 0 Å². The highest BCUT2D eigenvalue weighted by Gasteiger charge is 2.24. The minimum absolute atomic E-state index is 0.0345. The number of nitrogens with zero attached hydrogens (tertiary/aromatic N) is 3. The summed E-state index contributed by atoms with van der Waals surface area (Å²) in [5.74, 6) is 1.69. The summed E-state index contributed by atoms with van der Waals surface area (Å²) in [7, 11) is 1.74. The second-order valence-electron chi connectivity index (χ2n) is 3.92. The number of aromatic nitrogens is 2. The Hall–Kier alpha value is -1.03. The molecule has 1 atom stereocenters. The molecule has 15 heavy (non-hydrogen) atoms. The van der Waals surface area contributed by atoms with Crippen LogP contribution in [0.5, 0.6) is 0 Å². The molecular weight excluding hydrogens is 214 g/mol. The number of anilines is 1. The molecule has 4 nitrogen and oxygen atoms in total. The summed E-state index contributed by atoms with van der Waals surface area (Å²) >= 11 is 5.80. The molecule has 0 saturated carbocycles. The molecule has 1 fully saturated rings. The maximum atomic E-state index is 11.8. The summed E-state index contributed by atoms with van der Waals surface area (Å²) in [5, 5.41) is 0. The van der Waals surface area contributed by atoms with Crippen LogP contribution in [0.25, 0.3) is 0 Å². The Kier molecular flexibility index (Phi) is 2.95. The fraction of sp³-hybridized carbons (Fsp3) is 0.600. The van der Waals surface area contributed by atoms with E-state index >= 15 is 0 Å². The Morgan fingerprint density at radius 1 is 1.67 bits per heavy atom. The van der Waals surface area contributed by atoms with Crippen LogP contribution in [0.1, 0.15) is 6.42 Å². The van der Waals surface area contributed by atoms with E-state index in [1.54, 1.807) is 24.0 Å². The number of rotatable bonds is 2. The van der Waals surface area contributed by atoms with Crippen LogP contribution in [0.2, 0.25) is 0 Å². The lowest BCUT2D eigenvalue weighted by molar-refractivity contribution is 0.665. The Balaban J connectivity index is 2.24. The van der Waals surface area contributed by atoms with E-state index in [0.29, 0.717) is 17.6 Å². The van der Waals surface area contributed by atoms with Gasteiger partial charge in [0.25, 0.3) is 5.56 Å². The smallest absolute Gasteiger partial charge is 0.293 e. The first kappa shape index (κ1) is 10.5. The minimum atomic E-state index is -0.0345. The molecule has 1 saturated heterocycles. The van der Waals surface area contributed by atoms with E-state index in [-0.39, 0.29) is 5.56 Å². The van der Waals surface area contributed by atoms with Crippen LogP contribution in [-0.2, 0) is 7.05 Å². The number of alkyl halides is 1. The van der Waals surface area contributed by atoms with Crippen LogP contribution in [0, 0.1) is 5.92 Å². The van der Waals surface area contributed by atoms with Crippen LogP contribution in [0.15, 0.2) is 17.2 Å². The van der Waals surface area contributed by atoms with Gasteiger partial charge in [0.15, 0.2) is 5.82 Å². The zero-order valence-electron chi connectivity index (χ0n) is 8.69. The van der Waals surface area contributed by atoms with Gasteiger partial charge in [0.05, 0.1) is 0 Å². The molecule has 1 aliphatic heterocycles. The summed E-state index contributed by atoms with van der Waals surface area (Å²) in [6, 6.07) is 0.